The molecule has 0 spiro atoms. The molecule has 0 radical (unpaired) electrons. The van der Waals surface area contributed by atoms with Crippen molar-refractivity contribution in [2.45, 2.75) is 29.9 Å². The van der Waals surface area contributed by atoms with Crippen molar-refractivity contribution in [3.63, 3.8) is 0 Å². The minimum Gasteiger partial charge on any atom is -0.319 e. The Balaban J connectivity index is 2.34. The van der Waals surface area contributed by atoms with Crippen molar-refractivity contribution in [3.05, 3.63) is 29.3 Å². The van der Waals surface area contributed by atoms with Gasteiger partial charge in [0.2, 0.25) is 0 Å². The molecule has 14 heavy (non-hydrogen) atoms. The molecule has 2 atom stereocenters. The average molecular weight is 207 g/mol. The summed E-state index contributed by atoms with van der Waals surface area (Å²) < 4.78 is 0. The standard InChI is InChI=1S/C12H17NS/c1-8-4-5-12-10(6-8)11(7-13-3)9(2)14-12/h4-6,9,11,13H,7H2,1-3H3. The molecule has 1 heterocycles. The molecule has 1 nitrogen and oxygen atoms in total. The quantitative estimate of drug-likeness (QED) is 0.800. The van der Waals surface area contributed by atoms with Crippen LogP contribution in [0.5, 0.6) is 0 Å². The Bertz CT molecular complexity index is 335. The number of benzene rings is 1. The molecule has 0 saturated carbocycles. The fourth-order valence-electron chi connectivity index (χ4n) is 2.10. The highest BCUT2D eigenvalue weighted by molar-refractivity contribution is 8.00. The lowest BCUT2D eigenvalue weighted by atomic mass is 9.95. The molecule has 0 bridgehead atoms. The Kier molecular flexibility index (Phi) is 2.84. The van der Waals surface area contributed by atoms with E-state index in [4.69, 9.17) is 0 Å². The largest absolute Gasteiger partial charge is 0.319 e. The molecule has 1 aliphatic heterocycles. The van der Waals surface area contributed by atoms with Crippen LogP contribution in [0.1, 0.15) is 24.0 Å². The molecule has 1 aliphatic rings. The topological polar surface area (TPSA) is 12.0 Å². The van der Waals surface area contributed by atoms with Gasteiger partial charge in [0.1, 0.15) is 0 Å². The minimum atomic E-state index is 0.680. The molecule has 1 aromatic rings. The third-order valence-corrected chi connectivity index (χ3v) is 4.19. The molecule has 0 aliphatic carbocycles. The first-order valence-electron chi connectivity index (χ1n) is 5.14. The van der Waals surface area contributed by atoms with Crippen LogP contribution in [0.25, 0.3) is 0 Å². The molecule has 0 amide bonds. The van der Waals surface area contributed by atoms with E-state index in [0.29, 0.717) is 11.2 Å². The molecule has 2 heteroatoms. The van der Waals surface area contributed by atoms with Gasteiger partial charge in [-0.05, 0) is 25.6 Å². The van der Waals surface area contributed by atoms with Crippen molar-refractivity contribution in [2.75, 3.05) is 13.6 Å². The molecule has 2 unspecified atom stereocenters. The van der Waals surface area contributed by atoms with Crippen LogP contribution in [0.3, 0.4) is 0 Å². The van der Waals surface area contributed by atoms with E-state index in [2.05, 4.69) is 37.4 Å². The maximum atomic E-state index is 3.29. The van der Waals surface area contributed by atoms with Gasteiger partial charge in [0, 0.05) is 22.6 Å². The summed E-state index contributed by atoms with van der Waals surface area (Å²) in [6.45, 7) is 5.58. The van der Waals surface area contributed by atoms with E-state index in [9.17, 15) is 0 Å². The highest BCUT2D eigenvalue weighted by Crippen LogP contribution is 2.45. The minimum absolute atomic E-state index is 0.680. The summed E-state index contributed by atoms with van der Waals surface area (Å²) in [5.41, 5.74) is 2.91. The van der Waals surface area contributed by atoms with Crippen LogP contribution < -0.4 is 5.32 Å². The maximum absolute atomic E-state index is 3.29. The number of rotatable bonds is 2. The number of likely N-dealkylation sites (N-methyl/N-ethyl adjacent to an activating group) is 1. The van der Waals surface area contributed by atoms with Crippen molar-refractivity contribution in [3.8, 4) is 0 Å². The zero-order valence-corrected chi connectivity index (χ0v) is 9.82. The van der Waals surface area contributed by atoms with Gasteiger partial charge in [-0.25, -0.2) is 0 Å². The first kappa shape index (κ1) is 10.1. The molecular formula is C12H17NS. The summed E-state index contributed by atoms with van der Waals surface area (Å²) in [6.07, 6.45) is 0. The second-order valence-electron chi connectivity index (χ2n) is 4.03. The number of fused-ring (bicyclic) bond motifs is 1. The third kappa shape index (κ3) is 1.69. The molecular weight excluding hydrogens is 190 g/mol. The van der Waals surface area contributed by atoms with Gasteiger partial charge in [-0.3, -0.25) is 0 Å². The third-order valence-electron chi connectivity index (χ3n) is 2.87. The molecule has 0 saturated heterocycles. The van der Waals surface area contributed by atoms with Crippen molar-refractivity contribution < 1.29 is 0 Å². The zero-order valence-electron chi connectivity index (χ0n) is 9.00. The molecule has 2 rings (SSSR count). The molecule has 0 aromatic heterocycles. The number of aryl methyl sites for hydroxylation is 1. The molecule has 1 N–H and O–H groups in total. The summed E-state index contributed by atoms with van der Waals surface area (Å²) >= 11 is 2.01. The highest BCUT2D eigenvalue weighted by atomic mass is 32.2. The van der Waals surface area contributed by atoms with E-state index < -0.39 is 0 Å². The van der Waals surface area contributed by atoms with Crippen LogP contribution in [-0.2, 0) is 0 Å². The van der Waals surface area contributed by atoms with Crippen molar-refractivity contribution in [2.24, 2.45) is 0 Å². The lowest BCUT2D eigenvalue weighted by Gasteiger charge is -2.15. The monoisotopic (exact) mass is 207 g/mol. The van der Waals surface area contributed by atoms with E-state index in [1.807, 2.05) is 18.8 Å². The van der Waals surface area contributed by atoms with E-state index in [1.165, 1.54) is 16.0 Å². The van der Waals surface area contributed by atoms with Crippen LogP contribution in [0, 0.1) is 6.92 Å². The Labute approximate surface area is 90.3 Å². The first-order chi connectivity index (χ1) is 6.72. The second-order valence-corrected chi connectivity index (χ2v) is 5.45. The molecule has 0 fully saturated rings. The fraction of sp³-hybridized carbons (Fsp3) is 0.500. The van der Waals surface area contributed by atoms with Crippen molar-refractivity contribution in [1.82, 2.24) is 5.32 Å². The summed E-state index contributed by atoms with van der Waals surface area (Å²) in [5.74, 6) is 0.680. The smallest absolute Gasteiger partial charge is 0.0147 e. The van der Waals surface area contributed by atoms with Gasteiger partial charge >= 0.3 is 0 Å². The van der Waals surface area contributed by atoms with E-state index >= 15 is 0 Å². The van der Waals surface area contributed by atoms with Crippen LogP contribution in [0.2, 0.25) is 0 Å². The van der Waals surface area contributed by atoms with Gasteiger partial charge in [-0.1, -0.05) is 24.6 Å². The SMILES string of the molecule is CNCC1c2cc(C)ccc2SC1C. The van der Waals surface area contributed by atoms with E-state index in [-0.39, 0.29) is 0 Å². The predicted molar refractivity (Wildman–Crippen MR) is 63.2 cm³/mol. The number of hydrogen-bond acceptors (Lipinski definition) is 2. The van der Waals surface area contributed by atoms with Crippen molar-refractivity contribution in [1.29, 1.82) is 0 Å². The average Bonchev–Trinajstić information content (AvgIpc) is 2.45. The molecule has 1 aromatic carbocycles. The van der Waals surface area contributed by atoms with Crippen LogP contribution in [0.15, 0.2) is 23.1 Å². The summed E-state index contributed by atoms with van der Waals surface area (Å²) in [4.78, 5) is 1.48. The maximum Gasteiger partial charge on any atom is 0.0147 e. The van der Waals surface area contributed by atoms with Gasteiger partial charge in [0.05, 0.1) is 0 Å². The first-order valence-corrected chi connectivity index (χ1v) is 6.02. The normalized spacial score (nSPS) is 25.1. The van der Waals surface area contributed by atoms with Gasteiger partial charge in [-0.2, -0.15) is 0 Å². The van der Waals surface area contributed by atoms with Gasteiger partial charge in [0.25, 0.3) is 0 Å². The lowest BCUT2D eigenvalue weighted by molar-refractivity contribution is 0.628. The number of nitrogens with one attached hydrogen (secondary N) is 1. The second kappa shape index (κ2) is 3.95. The van der Waals surface area contributed by atoms with Crippen LogP contribution in [0.4, 0.5) is 0 Å². The van der Waals surface area contributed by atoms with Gasteiger partial charge in [0.15, 0.2) is 0 Å². The van der Waals surface area contributed by atoms with Crippen molar-refractivity contribution >= 4 is 11.8 Å². The summed E-state index contributed by atoms with van der Waals surface area (Å²) in [5, 5.41) is 3.99. The van der Waals surface area contributed by atoms with Crippen LogP contribution in [-0.4, -0.2) is 18.8 Å². The number of hydrogen-bond donors (Lipinski definition) is 1. The van der Waals surface area contributed by atoms with E-state index in [1.54, 1.807) is 0 Å². The Morgan fingerprint density at radius 2 is 2.21 bits per heavy atom. The van der Waals surface area contributed by atoms with Gasteiger partial charge in [-0.15, -0.1) is 11.8 Å². The summed E-state index contributed by atoms with van der Waals surface area (Å²) in [7, 11) is 2.03. The predicted octanol–water partition coefficient (Wildman–Crippen LogP) is 2.79. The van der Waals surface area contributed by atoms with E-state index in [0.717, 1.165) is 6.54 Å². The highest BCUT2D eigenvalue weighted by Gasteiger charge is 2.29. The molecule has 76 valence electrons. The van der Waals surface area contributed by atoms with Crippen LogP contribution >= 0.6 is 11.8 Å². The van der Waals surface area contributed by atoms with Gasteiger partial charge < -0.3 is 5.32 Å². The Morgan fingerprint density at radius 3 is 2.93 bits per heavy atom. The fourth-order valence-corrected chi connectivity index (χ4v) is 3.40. The Hall–Kier alpha value is -0.470. The zero-order chi connectivity index (χ0) is 10.1. The lowest BCUT2D eigenvalue weighted by Crippen LogP contribution is -2.21. The number of thioether (sulfide) groups is 1. The summed E-state index contributed by atoms with van der Waals surface area (Å²) in [6, 6.07) is 6.82. The Morgan fingerprint density at radius 1 is 1.43 bits per heavy atom.